The number of carbonyl (C=O) groups excluding carboxylic acids is 1. The first-order valence-corrected chi connectivity index (χ1v) is 7.41. The maximum absolute atomic E-state index is 12.8. The standard InChI is InChI=1S/C14H16FN5OS/c1-8(22-14-19-11(16)6-12(17)20-14)13(21)18-7-9-2-4-10(15)5-3-9/h2-6,8H,7H2,1H3,(H,18,21)(H4,16,17,19,20). The van der Waals surface area contributed by atoms with Gasteiger partial charge in [0.1, 0.15) is 17.5 Å². The van der Waals surface area contributed by atoms with Gasteiger partial charge in [-0.15, -0.1) is 0 Å². The Morgan fingerprint density at radius 1 is 1.27 bits per heavy atom. The zero-order chi connectivity index (χ0) is 16.1. The Bertz CT molecular complexity index is 645. The quantitative estimate of drug-likeness (QED) is 0.570. The molecule has 5 N–H and O–H groups in total. The van der Waals surface area contributed by atoms with Crippen LogP contribution in [0, 0.1) is 5.82 Å². The molecule has 0 aliphatic rings. The lowest BCUT2D eigenvalue weighted by Crippen LogP contribution is -2.30. The van der Waals surface area contributed by atoms with Crippen LogP contribution in [0.25, 0.3) is 0 Å². The van der Waals surface area contributed by atoms with E-state index in [1.54, 1.807) is 19.1 Å². The Morgan fingerprint density at radius 2 is 1.86 bits per heavy atom. The van der Waals surface area contributed by atoms with Crippen molar-refractivity contribution in [3.8, 4) is 0 Å². The molecule has 0 aliphatic heterocycles. The normalized spacial score (nSPS) is 11.9. The van der Waals surface area contributed by atoms with Gasteiger partial charge in [0, 0.05) is 12.6 Å². The van der Waals surface area contributed by atoms with Crippen LogP contribution in [0.4, 0.5) is 16.0 Å². The smallest absolute Gasteiger partial charge is 0.233 e. The number of nitrogens with one attached hydrogen (secondary N) is 1. The summed E-state index contributed by atoms with van der Waals surface area (Å²) in [5, 5.41) is 2.70. The zero-order valence-corrected chi connectivity index (χ0v) is 12.7. The van der Waals surface area contributed by atoms with Crippen LogP contribution in [-0.4, -0.2) is 21.1 Å². The van der Waals surface area contributed by atoms with Crippen molar-refractivity contribution in [3.05, 3.63) is 41.7 Å². The second kappa shape index (κ2) is 7.08. The predicted octanol–water partition coefficient (Wildman–Crippen LogP) is 1.58. The fourth-order valence-electron chi connectivity index (χ4n) is 1.66. The van der Waals surface area contributed by atoms with Gasteiger partial charge in [-0.1, -0.05) is 23.9 Å². The Kier molecular flexibility index (Phi) is 5.16. The maximum Gasteiger partial charge on any atom is 0.233 e. The fourth-order valence-corrected chi connectivity index (χ4v) is 2.48. The molecule has 0 saturated carbocycles. The second-order valence-corrected chi connectivity index (χ2v) is 5.91. The third-order valence-corrected chi connectivity index (χ3v) is 3.74. The molecule has 1 amide bonds. The molecule has 1 aromatic heterocycles. The van der Waals surface area contributed by atoms with Crippen LogP contribution in [-0.2, 0) is 11.3 Å². The molecule has 2 aromatic rings. The van der Waals surface area contributed by atoms with E-state index in [4.69, 9.17) is 11.5 Å². The van der Waals surface area contributed by atoms with Crippen LogP contribution in [0.1, 0.15) is 12.5 Å². The van der Waals surface area contributed by atoms with Crippen molar-refractivity contribution in [2.24, 2.45) is 0 Å². The third-order valence-electron chi connectivity index (χ3n) is 2.78. The largest absolute Gasteiger partial charge is 0.383 e. The van der Waals surface area contributed by atoms with Gasteiger partial charge in [-0.2, -0.15) is 0 Å². The number of hydrogen-bond donors (Lipinski definition) is 3. The Balaban J connectivity index is 1.90. The van der Waals surface area contributed by atoms with Crippen LogP contribution < -0.4 is 16.8 Å². The molecule has 6 nitrogen and oxygen atoms in total. The highest BCUT2D eigenvalue weighted by Crippen LogP contribution is 2.21. The highest BCUT2D eigenvalue weighted by Gasteiger charge is 2.16. The van der Waals surface area contributed by atoms with E-state index in [-0.39, 0.29) is 23.4 Å². The van der Waals surface area contributed by atoms with E-state index in [9.17, 15) is 9.18 Å². The summed E-state index contributed by atoms with van der Waals surface area (Å²) in [6.07, 6.45) is 0. The van der Waals surface area contributed by atoms with E-state index < -0.39 is 5.25 Å². The summed E-state index contributed by atoms with van der Waals surface area (Å²) in [5.41, 5.74) is 12.0. The molecule has 0 fully saturated rings. The van der Waals surface area contributed by atoms with Crippen molar-refractivity contribution in [2.45, 2.75) is 23.9 Å². The average molecular weight is 321 g/mol. The molecular weight excluding hydrogens is 305 g/mol. The van der Waals surface area contributed by atoms with Crippen molar-refractivity contribution in [3.63, 3.8) is 0 Å². The monoisotopic (exact) mass is 321 g/mol. The van der Waals surface area contributed by atoms with Gasteiger partial charge in [0.2, 0.25) is 5.91 Å². The van der Waals surface area contributed by atoms with Gasteiger partial charge in [0.05, 0.1) is 5.25 Å². The summed E-state index contributed by atoms with van der Waals surface area (Å²) in [4.78, 5) is 20.1. The van der Waals surface area contributed by atoms with Crippen LogP contribution >= 0.6 is 11.8 Å². The van der Waals surface area contributed by atoms with Gasteiger partial charge < -0.3 is 16.8 Å². The number of nitrogens with two attached hydrogens (primary N) is 2. The molecule has 0 radical (unpaired) electrons. The summed E-state index contributed by atoms with van der Waals surface area (Å²) in [7, 11) is 0. The lowest BCUT2D eigenvalue weighted by Gasteiger charge is -2.11. The van der Waals surface area contributed by atoms with Gasteiger partial charge in [-0.3, -0.25) is 4.79 Å². The number of hydrogen-bond acceptors (Lipinski definition) is 6. The van der Waals surface area contributed by atoms with E-state index in [1.165, 1.54) is 18.2 Å². The highest BCUT2D eigenvalue weighted by atomic mass is 32.2. The fraction of sp³-hybridized carbons (Fsp3) is 0.214. The first-order chi connectivity index (χ1) is 10.4. The zero-order valence-electron chi connectivity index (χ0n) is 11.9. The molecule has 2 rings (SSSR count). The topological polar surface area (TPSA) is 107 Å². The Hall–Kier alpha value is -2.35. The minimum atomic E-state index is -0.415. The molecule has 116 valence electrons. The summed E-state index contributed by atoms with van der Waals surface area (Å²) in [6.45, 7) is 2.05. The SMILES string of the molecule is CC(Sc1nc(N)cc(N)n1)C(=O)NCc1ccc(F)cc1. The van der Waals surface area contributed by atoms with E-state index >= 15 is 0 Å². The van der Waals surface area contributed by atoms with Crippen molar-refractivity contribution in [1.29, 1.82) is 0 Å². The summed E-state index contributed by atoms with van der Waals surface area (Å²) >= 11 is 1.16. The molecule has 1 aromatic carbocycles. The molecule has 22 heavy (non-hydrogen) atoms. The maximum atomic E-state index is 12.8. The number of amides is 1. The minimum absolute atomic E-state index is 0.182. The number of benzene rings is 1. The van der Waals surface area contributed by atoms with Crippen LogP contribution in [0.3, 0.4) is 0 Å². The van der Waals surface area contributed by atoms with Gasteiger partial charge in [-0.05, 0) is 24.6 Å². The second-order valence-electron chi connectivity index (χ2n) is 4.60. The molecular formula is C14H16FN5OS. The first-order valence-electron chi connectivity index (χ1n) is 6.53. The molecule has 0 aliphatic carbocycles. The van der Waals surface area contributed by atoms with E-state index in [0.717, 1.165) is 17.3 Å². The van der Waals surface area contributed by atoms with Crippen molar-refractivity contribution in [1.82, 2.24) is 15.3 Å². The molecule has 8 heteroatoms. The van der Waals surface area contributed by atoms with Crippen molar-refractivity contribution in [2.75, 3.05) is 11.5 Å². The molecule has 0 bridgehead atoms. The summed E-state index contributed by atoms with van der Waals surface area (Å²) < 4.78 is 12.8. The summed E-state index contributed by atoms with van der Waals surface area (Å²) in [6, 6.07) is 7.39. The number of aromatic nitrogens is 2. The molecule has 1 atom stereocenters. The predicted molar refractivity (Wildman–Crippen MR) is 84.4 cm³/mol. The molecule has 1 unspecified atom stereocenters. The number of nitrogens with zero attached hydrogens (tertiary/aromatic N) is 2. The van der Waals surface area contributed by atoms with Crippen LogP contribution in [0.15, 0.2) is 35.5 Å². The van der Waals surface area contributed by atoms with E-state index in [0.29, 0.717) is 11.7 Å². The molecule has 0 spiro atoms. The third kappa shape index (κ3) is 4.59. The number of halogens is 1. The lowest BCUT2D eigenvalue weighted by atomic mass is 10.2. The molecule has 0 saturated heterocycles. The van der Waals surface area contributed by atoms with E-state index in [1.807, 2.05) is 0 Å². The lowest BCUT2D eigenvalue weighted by molar-refractivity contribution is -0.120. The Labute approximate surface area is 131 Å². The number of thioether (sulfide) groups is 1. The summed E-state index contributed by atoms with van der Waals surface area (Å²) in [5.74, 6) is 0.0252. The van der Waals surface area contributed by atoms with Crippen LogP contribution in [0.2, 0.25) is 0 Å². The number of nitrogen functional groups attached to an aromatic ring is 2. The minimum Gasteiger partial charge on any atom is -0.383 e. The van der Waals surface area contributed by atoms with Gasteiger partial charge >= 0.3 is 0 Å². The highest BCUT2D eigenvalue weighted by molar-refractivity contribution is 8.00. The van der Waals surface area contributed by atoms with Crippen molar-refractivity contribution < 1.29 is 9.18 Å². The van der Waals surface area contributed by atoms with Crippen molar-refractivity contribution >= 4 is 29.3 Å². The van der Waals surface area contributed by atoms with E-state index in [2.05, 4.69) is 15.3 Å². The Morgan fingerprint density at radius 3 is 2.45 bits per heavy atom. The average Bonchev–Trinajstić information content (AvgIpc) is 2.45. The molecule has 1 heterocycles. The first kappa shape index (κ1) is 16.0. The number of carbonyl (C=O) groups is 1. The van der Waals surface area contributed by atoms with Gasteiger partial charge in [0.25, 0.3) is 0 Å². The van der Waals surface area contributed by atoms with Crippen LogP contribution in [0.5, 0.6) is 0 Å². The van der Waals surface area contributed by atoms with Gasteiger partial charge in [0.15, 0.2) is 5.16 Å². The van der Waals surface area contributed by atoms with Gasteiger partial charge in [-0.25, -0.2) is 14.4 Å². The number of rotatable bonds is 5. The number of anilines is 2.